The lowest BCUT2D eigenvalue weighted by molar-refractivity contribution is 0.102. The highest BCUT2D eigenvalue weighted by atomic mass is 19.1. The van der Waals surface area contributed by atoms with Crippen LogP contribution in [0.1, 0.15) is 35.1 Å². The van der Waals surface area contributed by atoms with Crippen LogP contribution in [-0.2, 0) is 0 Å². The smallest absolute Gasteiger partial charge is 0.258 e. The average molecular weight is 352 g/mol. The van der Waals surface area contributed by atoms with Crippen molar-refractivity contribution in [3.8, 4) is 11.5 Å². The molecule has 0 bridgehead atoms. The van der Waals surface area contributed by atoms with Crippen molar-refractivity contribution < 1.29 is 13.6 Å². The number of hydrogen-bond acceptors (Lipinski definition) is 5. The SMILES string of the molecule is O=C(Nc1cccc(-c2nnc(C3CCCN3)o2)c1)c1ccccc1F. The molecule has 1 fully saturated rings. The van der Waals surface area contributed by atoms with Gasteiger partial charge in [-0.05, 0) is 49.7 Å². The van der Waals surface area contributed by atoms with Crippen molar-refractivity contribution in [2.75, 3.05) is 11.9 Å². The molecule has 0 aliphatic carbocycles. The quantitative estimate of drug-likeness (QED) is 0.751. The Balaban J connectivity index is 1.53. The van der Waals surface area contributed by atoms with Crippen molar-refractivity contribution in [3.63, 3.8) is 0 Å². The van der Waals surface area contributed by atoms with Crippen LogP contribution in [0, 0.1) is 5.82 Å². The van der Waals surface area contributed by atoms with Crippen LogP contribution < -0.4 is 10.6 Å². The summed E-state index contributed by atoms with van der Waals surface area (Å²) in [6, 6.07) is 13.0. The Morgan fingerprint density at radius 2 is 2.08 bits per heavy atom. The summed E-state index contributed by atoms with van der Waals surface area (Å²) in [6.07, 6.45) is 2.06. The van der Waals surface area contributed by atoms with Crippen LogP contribution in [0.15, 0.2) is 52.9 Å². The zero-order chi connectivity index (χ0) is 17.9. The fraction of sp³-hybridized carbons (Fsp3) is 0.211. The minimum Gasteiger partial charge on any atom is -0.419 e. The first kappa shape index (κ1) is 16.4. The normalized spacial score (nSPS) is 16.6. The predicted octanol–water partition coefficient (Wildman–Crippen LogP) is 3.55. The fourth-order valence-corrected chi connectivity index (χ4v) is 2.96. The molecular weight excluding hydrogens is 335 g/mol. The number of carbonyl (C=O) groups excluding carboxylic acids is 1. The molecule has 1 amide bonds. The first-order valence-electron chi connectivity index (χ1n) is 8.44. The Bertz CT molecular complexity index is 935. The Hall–Kier alpha value is -3.06. The molecule has 132 valence electrons. The first-order valence-corrected chi connectivity index (χ1v) is 8.44. The molecule has 1 aromatic heterocycles. The lowest BCUT2D eigenvalue weighted by Crippen LogP contribution is -2.13. The molecule has 26 heavy (non-hydrogen) atoms. The summed E-state index contributed by atoms with van der Waals surface area (Å²) in [5, 5.41) is 14.2. The van der Waals surface area contributed by atoms with Gasteiger partial charge in [-0.3, -0.25) is 4.79 Å². The molecule has 4 rings (SSSR count). The van der Waals surface area contributed by atoms with Gasteiger partial charge in [0.05, 0.1) is 11.6 Å². The average Bonchev–Trinajstić information content (AvgIpc) is 3.34. The Morgan fingerprint density at radius 3 is 2.88 bits per heavy atom. The monoisotopic (exact) mass is 352 g/mol. The summed E-state index contributed by atoms with van der Waals surface area (Å²) >= 11 is 0. The van der Waals surface area contributed by atoms with Crippen LogP contribution in [0.2, 0.25) is 0 Å². The molecule has 2 aromatic carbocycles. The van der Waals surface area contributed by atoms with E-state index in [9.17, 15) is 9.18 Å². The third-order valence-electron chi connectivity index (χ3n) is 4.28. The van der Waals surface area contributed by atoms with Gasteiger partial charge in [0.15, 0.2) is 0 Å². The lowest BCUT2D eigenvalue weighted by atomic mass is 10.1. The molecule has 0 spiro atoms. The zero-order valence-electron chi connectivity index (χ0n) is 13.9. The highest BCUT2D eigenvalue weighted by Gasteiger charge is 2.22. The predicted molar refractivity (Wildman–Crippen MR) is 94.1 cm³/mol. The van der Waals surface area contributed by atoms with Crippen molar-refractivity contribution in [1.29, 1.82) is 0 Å². The van der Waals surface area contributed by atoms with E-state index in [2.05, 4.69) is 20.8 Å². The Labute approximate surface area is 149 Å². The van der Waals surface area contributed by atoms with Crippen molar-refractivity contribution in [2.45, 2.75) is 18.9 Å². The van der Waals surface area contributed by atoms with Crippen LogP contribution in [0.5, 0.6) is 0 Å². The van der Waals surface area contributed by atoms with Crippen LogP contribution in [0.4, 0.5) is 10.1 Å². The second kappa shape index (κ2) is 7.05. The van der Waals surface area contributed by atoms with Gasteiger partial charge in [0.2, 0.25) is 11.8 Å². The van der Waals surface area contributed by atoms with E-state index in [1.165, 1.54) is 12.1 Å². The molecule has 6 nitrogen and oxygen atoms in total. The van der Waals surface area contributed by atoms with Gasteiger partial charge in [-0.1, -0.05) is 18.2 Å². The maximum Gasteiger partial charge on any atom is 0.258 e. The first-order chi connectivity index (χ1) is 12.7. The maximum absolute atomic E-state index is 13.7. The van der Waals surface area contributed by atoms with Gasteiger partial charge in [-0.15, -0.1) is 10.2 Å². The van der Waals surface area contributed by atoms with Gasteiger partial charge >= 0.3 is 0 Å². The number of nitrogens with zero attached hydrogens (tertiary/aromatic N) is 2. The fourth-order valence-electron chi connectivity index (χ4n) is 2.96. The van der Waals surface area contributed by atoms with Crippen LogP contribution >= 0.6 is 0 Å². The summed E-state index contributed by atoms with van der Waals surface area (Å²) in [5.41, 5.74) is 1.20. The van der Waals surface area contributed by atoms with Crippen molar-refractivity contribution in [2.24, 2.45) is 0 Å². The maximum atomic E-state index is 13.7. The molecule has 3 aromatic rings. The highest BCUT2D eigenvalue weighted by molar-refractivity contribution is 6.04. The van der Waals surface area contributed by atoms with Gasteiger partial charge in [0.1, 0.15) is 5.82 Å². The molecule has 0 saturated carbocycles. The summed E-state index contributed by atoms with van der Waals surface area (Å²) in [4.78, 5) is 12.3. The summed E-state index contributed by atoms with van der Waals surface area (Å²) < 4.78 is 19.5. The van der Waals surface area contributed by atoms with Gasteiger partial charge in [-0.2, -0.15) is 0 Å². The molecule has 7 heteroatoms. The van der Waals surface area contributed by atoms with Gasteiger partial charge < -0.3 is 15.1 Å². The zero-order valence-corrected chi connectivity index (χ0v) is 13.9. The van der Waals surface area contributed by atoms with E-state index in [0.29, 0.717) is 23.0 Å². The summed E-state index contributed by atoms with van der Waals surface area (Å²) in [6.45, 7) is 0.944. The van der Waals surface area contributed by atoms with Crippen molar-refractivity contribution in [3.05, 3.63) is 65.8 Å². The largest absolute Gasteiger partial charge is 0.419 e. The number of hydrogen-bond donors (Lipinski definition) is 2. The van der Waals surface area contributed by atoms with E-state index in [-0.39, 0.29) is 11.6 Å². The molecule has 2 N–H and O–H groups in total. The molecule has 1 saturated heterocycles. The van der Waals surface area contributed by atoms with E-state index < -0.39 is 11.7 Å². The molecule has 2 heterocycles. The number of rotatable bonds is 4. The molecule has 1 unspecified atom stereocenters. The van der Waals surface area contributed by atoms with Crippen LogP contribution in [-0.4, -0.2) is 22.6 Å². The van der Waals surface area contributed by atoms with E-state index in [0.717, 1.165) is 19.4 Å². The molecular formula is C19H17FN4O2. The highest BCUT2D eigenvalue weighted by Crippen LogP contribution is 2.27. The molecule has 1 aliphatic rings. The molecule has 0 radical (unpaired) electrons. The van der Waals surface area contributed by atoms with Gasteiger partial charge in [0.25, 0.3) is 5.91 Å². The van der Waals surface area contributed by atoms with Crippen LogP contribution in [0.3, 0.4) is 0 Å². The Kier molecular flexibility index (Phi) is 4.45. The molecule has 1 atom stereocenters. The third-order valence-corrected chi connectivity index (χ3v) is 4.28. The van der Waals surface area contributed by atoms with Crippen molar-refractivity contribution in [1.82, 2.24) is 15.5 Å². The third kappa shape index (κ3) is 3.34. The standard InChI is InChI=1S/C19H17FN4O2/c20-15-8-2-1-7-14(15)17(25)22-13-6-3-5-12(11-13)18-23-24-19(26-18)16-9-4-10-21-16/h1-3,5-8,11,16,21H,4,9-10H2,(H,22,25). The number of nitrogens with one attached hydrogen (secondary N) is 2. The number of carbonyl (C=O) groups is 1. The number of benzene rings is 2. The van der Waals surface area contributed by atoms with Crippen molar-refractivity contribution >= 4 is 11.6 Å². The Morgan fingerprint density at radius 1 is 1.19 bits per heavy atom. The van der Waals surface area contributed by atoms with E-state index in [4.69, 9.17) is 4.42 Å². The number of amides is 1. The second-order valence-electron chi connectivity index (χ2n) is 6.11. The number of aromatic nitrogens is 2. The second-order valence-corrected chi connectivity index (χ2v) is 6.11. The van der Waals surface area contributed by atoms with E-state index in [1.54, 1.807) is 30.3 Å². The van der Waals surface area contributed by atoms with Gasteiger partial charge in [0, 0.05) is 11.3 Å². The minimum atomic E-state index is -0.563. The lowest BCUT2D eigenvalue weighted by Gasteiger charge is -2.07. The van der Waals surface area contributed by atoms with Gasteiger partial charge in [-0.25, -0.2) is 4.39 Å². The van der Waals surface area contributed by atoms with E-state index in [1.807, 2.05) is 6.07 Å². The molecule has 1 aliphatic heterocycles. The number of anilines is 1. The van der Waals surface area contributed by atoms with E-state index >= 15 is 0 Å². The summed E-state index contributed by atoms with van der Waals surface area (Å²) in [5.74, 6) is -0.123. The summed E-state index contributed by atoms with van der Waals surface area (Å²) in [7, 11) is 0. The number of halogens is 1. The topological polar surface area (TPSA) is 80.0 Å². The van der Waals surface area contributed by atoms with Crippen LogP contribution in [0.25, 0.3) is 11.5 Å². The minimum absolute atomic E-state index is 0.00899.